The summed E-state index contributed by atoms with van der Waals surface area (Å²) < 4.78 is 10.8. The molecule has 39 heavy (non-hydrogen) atoms. The van der Waals surface area contributed by atoms with E-state index in [0.29, 0.717) is 5.69 Å². The summed E-state index contributed by atoms with van der Waals surface area (Å²) in [5, 5.41) is 21.0. The number of benzene rings is 2. The third-order valence-electron chi connectivity index (χ3n) is 6.67. The maximum atomic E-state index is 12.6. The molecule has 10 nitrogen and oxygen atoms in total. The summed E-state index contributed by atoms with van der Waals surface area (Å²) in [7, 11) is 3.26. The smallest absolute Gasteiger partial charge is 0.276 e. The molecule has 0 aliphatic carbocycles. The van der Waals surface area contributed by atoms with Crippen molar-refractivity contribution in [1.29, 1.82) is 0 Å². The third kappa shape index (κ3) is 6.24. The van der Waals surface area contributed by atoms with Crippen LogP contribution in [0.5, 0.6) is 17.2 Å². The highest BCUT2D eigenvalue weighted by Crippen LogP contribution is 2.29. The van der Waals surface area contributed by atoms with E-state index in [1.807, 2.05) is 18.2 Å². The SMILES string of the molecule is COc1ccc(NC(=O)c2ccc(N3CCN(Cc4ccc(-c5cncc(O)c5)cc4OC)CC3)nn2)cc1. The molecule has 1 saturated heterocycles. The summed E-state index contributed by atoms with van der Waals surface area (Å²) in [4.78, 5) is 21.2. The number of nitrogens with zero attached hydrogens (tertiary/aromatic N) is 5. The number of aromatic nitrogens is 3. The van der Waals surface area contributed by atoms with E-state index in [1.165, 1.54) is 6.20 Å². The van der Waals surface area contributed by atoms with Crippen LogP contribution in [-0.4, -0.2) is 71.5 Å². The van der Waals surface area contributed by atoms with Crippen molar-refractivity contribution < 1.29 is 19.4 Å². The van der Waals surface area contributed by atoms with E-state index >= 15 is 0 Å². The van der Waals surface area contributed by atoms with Crippen LogP contribution in [0.4, 0.5) is 11.5 Å². The molecule has 4 aromatic rings. The lowest BCUT2D eigenvalue weighted by Crippen LogP contribution is -2.46. The van der Waals surface area contributed by atoms with Gasteiger partial charge in [0.25, 0.3) is 5.91 Å². The molecule has 2 aromatic heterocycles. The molecule has 1 aliphatic rings. The summed E-state index contributed by atoms with van der Waals surface area (Å²) >= 11 is 0. The Morgan fingerprint density at radius 2 is 1.69 bits per heavy atom. The van der Waals surface area contributed by atoms with E-state index in [0.717, 1.165) is 66.7 Å². The van der Waals surface area contributed by atoms with Crippen molar-refractivity contribution in [3.63, 3.8) is 0 Å². The predicted octanol–water partition coefficient (Wildman–Crippen LogP) is 3.84. The van der Waals surface area contributed by atoms with Gasteiger partial charge >= 0.3 is 0 Å². The second-order valence-electron chi connectivity index (χ2n) is 9.18. The lowest BCUT2D eigenvalue weighted by Gasteiger charge is -2.35. The van der Waals surface area contributed by atoms with Gasteiger partial charge in [-0.3, -0.25) is 14.7 Å². The minimum absolute atomic E-state index is 0.129. The Morgan fingerprint density at radius 1 is 0.897 bits per heavy atom. The highest BCUT2D eigenvalue weighted by atomic mass is 16.5. The molecule has 0 saturated carbocycles. The average Bonchev–Trinajstić information content (AvgIpc) is 2.98. The first kappa shape index (κ1) is 25.9. The molecule has 3 heterocycles. The Kier molecular flexibility index (Phi) is 7.83. The summed E-state index contributed by atoms with van der Waals surface area (Å²) in [6.45, 7) is 4.04. The Balaban J connectivity index is 1.16. The highest BCUT2D eigenvalue weighted by Gasteiger charge is 2.20. The van der Waals surface area contributed by atoms with Crippen molar-refractivity contribution >= 4 is 17.4 Å². The van der Waals surface area contributed by atoms with E-state index in [4.69, 9.17) is 9.47 Å². The molecule has 1 aliphatic heterocycles. The first-order chi connectivity index (χ1) is 19.0. The number of hydrogen-bond donors (Lipinski definition) is 2. The van der Waals surface area contributed by atoms with E-state index in [2.05, 4.69) is 36.4 Å². The van der Waals surface area contributed by atoms with Gasteiger partial charge in [0.1, 0.15) is 17.2 Å². The second kappa shape index (κ2) is 11.8. The zero-order chi connectivity index (χ0) is 27.2. The van der Waals surface area contributed by atoms with Crippen molar-refractivity contribution in [2.45, 2.75) is 6.54 Å². The second-order valence-corrected chi connectivity index (χ2v) is 9.18. The molecule has 1 fully saturated rings. The van der Waals surface area contributed by atoms with Crippen molar-refractivity contribution in [2.24, 2.45) is 0 Å². The van der Waals surface area contributed by atoms with Crippen LogP contribution in [0.3, 0.4) is 0 Å². The van der Waals surface area contributed by atoms with E-state index in [-0.39, 0.29) is 17.4 Å². The number of anilines is 2. The number of carbonyl (C=O) groups is 1. The molecule has 1 amide bonds. The molecule has 0 unspecified atom stereocenters. The fourth-order valence-corrected chi connectivity index (χ4v) is 4.50. The number of amides is 1. The largest absolute Gasteiger partial charge is 0.506 e. The monoisotopic (exact) mass is 526 g/mol. The van der Waals surface area contributed by atoms with Crippen molar-refractivity contribution in [2.75, 3.05) is 50.6 Å². The first-order valence-electron chi connectivity index (χ1n) is 12.6. The highest BCUT2D eigenvalue weighted by molar-refractivity contribution is 6.02. The van der Waals surface area contributed by atoms with Gasteiger partial charge in [-0.2, -0.15) is 0 Å². The van der Waals surface area contributed by atoms with Gasteiger partial charge < -0.3 is 24.8 Å². The van der Waals surface area contributed by atoms with Crippen LogP contribution in [0, 0.1) is 0 Å². The van der Waals surface area contributed by atoms with Gasteiger partial charge in [0.2, 0.25) is 0 Å². The van der Waals surface area contributed by atoms with Gasteiger partial charge in [-0.25, -0.2) is 0 Å². The molecular weight excluding hydrogens is 496 g/mol. The summed E-state index contributed by atoms with van der Waals surface area (Å²) in [5.41, 5.74) is 3.77. The van der Waals surface area contributed by atoms with Crippen LogP contribution in [-0.2, 0) is 6.54 Å². The number of carbonyl (C=O) groups excluding carboxylic acids is 1. The average molecular weight is 527 g/mol. The first-order valence-corrected chi connectivity index (χ1v) is 12.6. The van der Waals surface area contributed by atoms with Crippen LogP contribution >= 0.6 is 0 Å². The van der Waals surface area contributed by atoms with Crippen molar-refractivity contribution in [1.82, 2.24) is 20.1 Å². The maximum Gasteiger partial charge on any atom is 0.276 e. The van der Waals surface area contributed by atoms with E-state index < -0.39 is 0 Å². The zero-order valence-electron chi connectivity index (χ0n) is 21.9. The van der Waals surface area contributed by atoms with Gasteiger partial charge in [-0.1, -0.05) is 12.1 Å². The number of pyridine rings is 1. The Labute approximate surface area is 226 Å². The van der Waals surface area contributed by atoms with Gasteiger partial charge in [0.05, 0.1) is 20.4 Å². The lowest BCUT2D eigenvalue weighted by atomic mass is 10.0. The number of aromatic hydroxyl groups is 1. The normalized spacial score (nSPS) is 13.6. The standard InChI is InChI=1S/C29H30N6O4/c1-38-25-7-5-23(6-8-25)31-29(37)26-9-10-28(33-32-26)35-13-11-34(12-14-35)19-21-4-3-20(16-27(21)39-2)22-15-24(36)18-30-17-22/h3-10,15-18,36H,11-14,19H2,1-2H3,(H,31,37). The minimum Gasteiger partial charge on any atom is -0.506 e. The number of piperazine rings is 1. The summed E-state index contributed by atoms with van der Waals surface area (Å²) in [5.74, 6) is 2.08. The molecule has 10 heteroatoms. The van der Waals surface area contributed by atoms with Crippen molar-refractivity contribution in [3.05, 3.63) is 84.3 Å². The fraction of sp³-hybridized carbons (Fsp3) is 0.241. The number of rotatable bonds is 8. The molecule has 5 rings (SSSR count). The molecule has 2 aromatic carbocycles. The summed E-state index contributed by atoms with van der Waals surface area (Å²) in [6.07, 6.45) is 3.13. The number of ether oxygens (including phenoxy) is 2. The number of methoxy groups -OCH3 is 2. The molecular formula is C29H30N6O4. The van der Waals surface area contributed by atoms with Crippen LogP contribution < -0.4 is 19.7 Å². The molecule has 0 radical (unpaired) electrons. The molecule has 2 N–H and O–H groups in total. The molecule has 200 valence electrons. The third-order valence-corrected chi connectivity index (χ3v) is 6.67. The zero-order valence-corrected chi connectivity index (χ0v) is 21.9. The quantitative estimate of drug-likeness (QED) is 0.354. The Hall–Kier alpha value is -4.70. The van der Waals surface area contributed by atoms with Crippen LogP contribution in [0.25, 0.3) is 11.1 Å². The van der Waals surface area contributed by atoms with Crippen LogP contribution in [0.15, 0.2) is 73.1 Å². The van der Waals surface area contributed by atoms with Gasteiger partial charge in [-0.15, -0.1) is 10.2 Å². The van der Waals surface area contributed by atoms with Crippen LogP contribution in [0.1, 0.15) is 16.1 Å². The molecule has 0 atom stereocenters. The topological polar surface area (TPSA) is 113 Å². The minimum atomic E-state index is -0.315. The lowest BCUT2D eigenvalue weighted by molar-refractivity contribution is 0.102. The maximum absolute atomic E-state index is 12.6. The number of hydrogen-bond acceptors (Lipinski definition) is 9. The van der Waals surface area contributed by atoms with E-state index in [9.17, 15) is 9.90 Å². The van der Waals surface area contributed by atoms with E-state index in [1.54, 1.807) is 56.8 Å². The van der Waals surface area contributed by atoms with Crippen molar-refractivity contribution in [3.8, 4) is 28.4 Å². The molecule has 0 bridgehead atoms. The Bertz CT molecular complexity index is 1420. The molecule has 0 spiro atoms. The van der Waals surface area contributed by atoms with Gasteiger partial charge in [0, 0.05) is 55.7 Å². The summed E-state index contributed by atoms with van der Waals surface area (Å²) in [6, 6.07) is 18.4. The van der Waals surface area contributed by atoms with Crippen LogP contribution in [0.2, 0.25) is 0 Å². The van der Waals surface area contributed by atoms with Gasteiger partial charge in [-0.05, 0) is 54.1 Å². The van der Waals surface area contributed by atoms with Gasteiger partial charge in [0.15, 0.2) is 11.5 Å². The predicted molar refractivity (Wildman–Crippen MR) is 148 cm³/mol. The fourth-order valence-electron chi connectivity index (χ4n) is 4.50. The Morgan fingerprint density at radius 3 is 2.36 bits per heavy atom. The number of nitrogens with one attached hydrogen (secondary N) is 1.